The number of carbonyl (C=O) groups is 1. The molecule has 8 nitrogen and oxygen atoms in total. The number of hydrogen-bond donors (Lipinski definition) is 4. The highest BCUT2D eigenvalue weighted by Gasteiger charge is 2.16. The van der Waals surface area contributed by atoms with Crippen LogP contribution in [0.3, 0.4) is 0 Å². The van der Waals surface area contributed by atoms with Gasteiger partial charge in [-0.25, -0.2) is 8.78 Å². The van der Waals surface area contributed by atoms with Crippen LogP contribution < -0.4 is 11.1 Å². The minimum atomic E-state index is -3.67. The number of carbonyl (C=O) groups excluding carboxylic acids is 1. The zero-order chi connectivity index (χ0) is 21.8. The highest BCUT2D eigenvalue weighted by atomic mass is 32.2. The van der Waals surface area contributed by atoms with Gasteiger partial charge in [0.15, 0.2) is 11.7 Å². The molecule has 1 heterocycles. The summed E-state index contributed by atoms with van der Waals surface area (Å²) in [7, 11) is -3.67. The van der Waals surface area contributed by atoms with Gasteiger partial charge in [-0.3, -0.25) is 20.1 Å². The number of nitrogens with one attached hydrogen (secondary N) is 2. The van der Waals surface area contributed by atoms with Gasteiger partial charge in [-0.05, 0) is 35.4 Å². The maximum absolute atomic E-state index is 12.9. The van der Waals surface area contributed by atoms with Crippen molar-refractivity contribution in [2.75, 3.05) is 6.26 Å². The van der Waals surface area contributed by atoms with Crippen LogP contribution in [0.25, 0.3) is 22.1 Å². The normalized spacial score (nSPS) is 11.1. The Morgan fingerprint density at radius 1 is 1.21 bits per heavy atom. The van der Waals surface area contributed by atoms with E-state index in [4.69, 9.17) is 20.1 Å². The number of benzene rings is 2. The van der Waals surface area contributed by atoms with E-state index in [0.29, 0.717) is 33.9 Å². The smallest absolute Gasteiger partial charge is 0.295 e. The van der Waals surface area contributed by atoms with E-state index >= 15 is 0 Å². The molecule has 11 heteroatoms. The van der Waals surface area contributed by atoms with Gasteiger partial charge in [0.1, 0.15) is 5.58 Å². The van der Waals surface area contributed by atoms with Gasteiger partial charge in [-0.2, -0.15) is 8.42 Å². The third-order valence-electron chi connectivity index (χ3n) is 3.48. The molecule has 0 spiro atoms. The standard InChI is InChI=1S/C17H13F2N3O2.CH4O3S/c18-15(19)14-8-12-11(5-2-6-13(12)24-14)9-3-1-4-10(7-9)16(23)22-17(20)21;1-5(2,3)4/h1-8,15H,(H4,20,21,22,23);1H3,(H,2,3,4). The molecule has 3 rings (SSSR count). The minimum absolute atomic E-state index is 0.303. The van der Waals surface area contributed by atoms with Crippen molar-refractivity contribution in [2.45, 2.75) is 6.43 Å². The summed E-state index contributed by atoms with van der Waals surface area (Å²) in [5, 5.41) is 9.84. The van der Waals surface area contributed by atoms with Crippen molar-refractivity contribution >= 4 is 33.0 Å². The van der Waals surface area contributed by atoms with Crippen molar-refractivity contribution in [1.29, 1.82) is 5.41 Å². The highest BCUT2D eigenvalue weighted by Crippen LogP contribution is 2.34. The molecule has 0 aliphatic heterocycles. The molecule has 0 saturated heterocycles. The molecule has 0 aliphatic rings. The summed E-state index contributed by atoms with van der Waals surface area (Å²) in [5.74, 6) is -1.37. The lowest BCUT2D eigenvalue weighted by atomic mass is 9.99. The summed E-state index contributed by atoms with van der Waals surface area (Å²) in [6, 6.07) is 13.0. The maximum Gasteiger partial charge on any atom is 0.295 e. The quantitative estimate of drug-likeness (QED) is 0.288. The van der Waals surface area contributed by atoms with Gasteiger partial charge in [0.25, 0.3) is 22.5 Å². The summed E-state index contributed by atoms with van der Waals surface area (Å²) in [4.78, 5) is 11.9. The van der Waals surface area contributed by atoms with Crippen LogP contribution in [0.15, 0.2) is 52.9 Å². The van der Waals surface area contributed by atoms with Gasteiger partial charge in [0.05, 0.1) is 6.26 Å². The molecule has 0 saturated carbocycles. The largest absolute Gasteiger partial charge is 0.455 e. The fourth-order valence-electron chi connectivity index (χ4n) is 2.46. The summed E-state index contributed by atoms with van der Waals surface area (Å²) in [6.07, 6.45) is -1.98. The lowest BCUT2D eigenvalue weighted by Gasteiger charge is -2.07. The number of amides is 1. The van der Waals surface area contributed by atoms with E-state index in [1.54, 1.807) is 42.5 Å². The molecule has 0 aliphatic carbocycles. The average molecular weight is 425 g/mol. The topological polar surface area (TPSA) is 146 Å². The van der Waals surface area contributed by atoms with Crippen molar-refractivity contribution in [3.05, 3.63) is 59.9 Å². The number of alkyl halides is 2. The van der Waals surface area contributed by atoms with Gasteiger partial charge in [0.2, 0.25) is 0 Å². The van der Waals surface area contributed by atoms with Crippen molar-refractivity contribution in [2.24, 2.45) is 5.73 Å². The molecular weight excluding hydrogens is 408 g/mol. The fraction of sp³-hybridized carbons (Fsp3) is 0.111. The van der Waals surface area contributed by atoms with E-state index in [0.717, 1.165) is 0 Å². The number of nitrogens with two attached hydrogens (primary N) is 1. The van der Waals surface area contributed by atoms with Crippen LogP contribution >= 0.6 is 0 Å². The molecule has 3 aromatic rings. The molecule has 0 radical (unpaired) electrons. The summed E-state index contributed by atoms with van der Waals surface area (Å²) in [5.41, 5.74) is 7.14. The van der Waals surface area contributed by atoms with Crippen LogP contribution in [-0.2, 0) is 10.1 Å². The van der Waals surface area contributed by atoms with E-state index in [9.17, 15) is 22.0 Å². The Morgan fingerprint density at radius 3 is 2.41 bits per heavy atom. The van der Waals surface area contributed by atoms with Crippen LogP contribution in [-0.4, -0.2) is 31.1 Å². The molecule has 29 heavy (non-hydrogen) atoms. The average Bonchev–Trinajstić information content (AvgIpc) is 3.04. The first-order valence-corrected chi connectivity index (χ1v) is 9.79. The van der Waals surface area contributed by atoms with Crippen LogP contribution in [0.5, 0.6) is 0 Å². The van der Waals surface area contributed by atoms with Crippen LogP contribution in [0.1, 0.15) is 22.5 Å². The summed E-state index contributed by atoms with van der Waals surface area (Å²) in [6.45, 7) is 0. The van der Waals surface area contributed by atoms with Gasteiger partial charge < -0.3 is 10.2 Å². The molecule has 1 aromatic heterocycles. The Morgan fingerprint density at radius 2 is 1.83 bits per heavy atom. The monoisotopic (exact) mass is 425 g/mol. The van der Waals surface area contributed by atoms with Crippen molar-refractivity contribution < 1.29 is 31.0 Å². The molecule has 0 bridgehead atoms. The lowest BCUT2D eigenvalue weighted by Crippen LogP contribution is -2.35. The number of guanidine groups is 1. The first-order chi connectivity index (χ1) is 13.5. The van der Waals surface area contributed by atoms with Gasteiger partial charge in [0, 0.05) is 10.9 Å². The Kier molecular flexibility index (Phi) is 6.67. The Hall–Kier alpha value is -3.31. The van der Waals surface area contributed by atoms with Crippen molar-refractivity contribution in [3.63, 3.8) is 0 Å². The lowest BCUT2D eigenvalue weighted by molar-refractivity contribution is 0.0976. The van der Waals surface area contributed by atoms with Gasteiger partial charge >= 0.3 is 0 Å². The number of fused-ring (bicyclic) bond motifs is 1. The van der Waals surface area contributed by atoms with E-state index in [2.05, 4.69) is 5.32 Å². The van der Waals surface area contributed by atoms with E-state index in [-0.39, 0.29) is 0 Å². The second-order valence-electron chi connectivity index (χ2n) is 5.85. The first kappa shape index (κ1) is 22.0. The molecule has 1 amide bonds. The highest BCUT2D eigenvalue weighted by molar-refractivity contribution is 7.85. The van der Waals surface area contributed by atoms with Crippen LogP contribution in [0.2, 0.25) is 0 Å². The van der Waals surface area contributed by atoms with E-state index in [1.165, 1.54) is 6.07 Å². The van der Waals surface area contributed by atoms with E-state index < -0.39 is 34.2 Å². The maximum atomic E-state index is 12.9. The molecule has 0 unspecified atom stereocenters. The third-order valence-corrected chi connectivity index (χ3v) is 3.48. The Balaban J connectivity index is 0.000000537. The van der Waals surface area contributed by atoms with Crippen molar-refractivity contribution in [3.8, 4) is 11.1 Å². The Bertz CT molecular complexity index is 1150. The molecule has 2 aromatic carbocycles. The minimum Gasteiger partial charge on any atom is -0.455 e. The Labute approximate surface area is 164 Å². The van der Waals surface area contributed by atoms with Gasteiger partial charge in [-0.1, -0.05) is 24.3 Å². The second kappa shape index (κ2) is 8.80. The third kappa shape index (κ3) is 6.36. The molecule has 0 atom stereocenters. The number of hydrogen-bond acceptors (Lipinski definition) is 5. The predicted molar refractivity (Wildman–Crippen MR) is 103 cm³/mol. The summed E-state index contributed by atoms with van der Waals surface area (Å²) < 4.78 is 56.7. The predicted octanol–water partition coefficient (Wildman–Crippen LogP) is 3.16. The fourth-order valence-corrected chi connectivity index (χ4v) is 2.46. The van der Waals surface area contributed by atoms with Gasteiger partial charge in [-0.15, -0.1) is 0 Å². The summed E-state index contributed by atoms with van der Waals surface area (Å²) >= 11 is 0. The molecular formula is C18H17F2N3O5S. The number of rotatable bonds is 3. The van der Waals surface area contributed by atoms with Crippen LogP contribution in [0.4, 0.5) is 8.78 Å². The van der Waals surface area contributed by atoms with Crippen molar-refractivity contribution in [1.82, 2.24) is 5.32 Å². The zero-order valence-electron chi connectivity index (χ0n) is 15.0. The first-order valence-electron chi connectivity index (χ1n) is 7.94. The molecule has 0 fully saturated rings. The molecule has 5 N–H and O–H groups in total. The van der Waals surface area contributed by atoms with Crippen LogP contribution in [0, 0.1) is 5.41 Å². The zero-order valence-corrected chi connectivity index (χ0v) is 15.8. The SMILES string of the molecule is CS(=O)(=O)O.N=C(N)NC(=O)c1cccc(-c2cccc3oc(C(F)F)cc23)c1. The second-order valence-corrected chi connectivity index (χ2v) is 7.31. The molecule has 154 valence electrons. The number of furan rings is 1. The van der Waals surface area contributed by atoms with E-state index in [1.807, 2.05) is 0 Å². The number of halogens is 2.